The van der Waals surface area contributed by atoms with Gasteiger partial charge in [-0.2, -0.15) is 0 Å². The molecule has 0 radical (unpaired) electrons. The highest BCUT2D eigenvalue weighted by Crippen LogP contribution is 2.33. The standard InChI is InChI=1S/C21H24N2O4/c1-13-6-8-17(9-7-13)23-15(3)20(24)22(21(23)25)12-16-11-19(27-5)18(26-4)10-14(16)2/h6-11,15H,12H2,1-5H3/t15-/m1/s1. The largest absolute Gasteiger partial charge is 0.493 e. The van der Waals surface area contributed by atoms with E-state index in [1.165, 1.54) is 9.80 Å². The van der Waals surface area contributed by atoms with Gasteiger partial charge in [0.2, 0.25) is 0 Å². The molecule has 0 spiro atoms. The van der Waals surface area contributed by atoms with Gasteiger partial charge in [0.15, 0.2) is 11.5 Å². The van der Waals surface area contributed by atoms with Gasteiger partial charge in [-0.1, -0.05) is 17.7 Å². The normalized spacial score (nSPS) is 16.9. The molecular formula is C21H24N2O4. The number of hydrogen-bond acceptors (Lipinski definition) is 4. The molecule has 0 saturated carbocycles. The number of anilines is 1. The van der Waals surface area contributed by atoms with Crippen LogP contribution in [0.5, 0.6) is 11.5 Å². The highest BCUT2D eigenvalue weighted by molar-refractivity contribution is 6.14. The fourth-order valence-corrected chi connectivity index (χ4v) is 3.27. The quantitative estimate of drug-likeness (QED) is 0.756. The summed E-state index contributed by atoms with van der Waals surface area (Å²) in [6.07, 6.45) is 0. The second-order valence-corrected chi connectivity index (χ2v) is 6.72. The molecule has 0 N–H and O–H groups in total. The second-order valence-electron chi connectivity index (χ2n) is 6.72. The molecule has 1 heterocycles. The second kappa shape index (κ2) is 7.31. The molecular weight excluding hydrogens is 344 g/mol. The highest BCUT2D eigenvalue weighted by Gasteiger charge is 2.43. The zero-order valence-electron chi connectivity index (χ0n) is 16.3. The van der Waals surface area contributed by atoms with Crippen molar-refractivity contribution < 1.29 is 19.1 Å². The van der Waals surface area contributed by atoms with Crippen molar-refractivity contribution in [3.8, 4) is 11.5 Å². The van der Waals surface area contributed by atoms with Crippen molar-refractivity contribution in [2.45, 2.75) is 33.4 Å². The van der Waals surface area contributed by atoms with Crippen LogP contribution in [0.1, 0.15) is 23.6 Å². The fourth-order valence-electron chi connectivity index (χ4n) is 3.27. The predicted molar refractivity (Wildman–Crippen MR) is 103 cm³/mol. The smallest absolute Gasteiger partial charge is 0.332 e. The first-order valence-corrected chi connectivity index (χ1v) is 8.80. The molecule has 1 aliphatic rings. The number of carbonyl (C=O) groups is 2. The van der Waals surface area contributed by atoms with Gasteiger partial charge in [-0.15, -0.1) is 0 Å². The topological polar surface area (TPSA) is 59.1 Å². The Balaban J connectivity index is 1.91. The number of ether oxygens (including phenoxy) is 2. The first kappa shape index (κ1) is 18.8. The summed E-state index contributed by atoms with van der Waals surface area (Å²) >= 11 is 0. The number of benzene rings is 2. The SMILES string of the molecule is COc1cc(C)c(CN2C(=O)[C@@H](C)N(c3ccc(C)cc3)C2=O)cc1OC. The molecule has 2 aromatic carbocycles. The van der Waals surface area contributed by atoms with Crippen molar-refractivity contribution >= 4 is 17.6 Å². The van der Waals surface area contributed by atoms with E-state index in [4.69, 9.17) is 9.47 Å². The van der Waals surface area contributed by atoms with Crippen LogP contribution in [-0.2, 0) is 11.3 Å². The van der Waals surface area contributed by atoms with Gasteiger partial charge >= 0.3 is 6.03 Å². The minimum Gasteiger partial charge on any atom is -0.493 e. The Bertz CT molecular complexity index is 876. The zero-order chi connectivity index (χ0) is 19.7. The summed E-state index contributed by atoms with van der Waals surface area (Å²) in [5.41, 5.74) is 3.59. The number of carbonyl (C=O) groups excluding carboxylic acids is 2. The van der Waals surface area contributed by atoms with Gasteiger partial charge in [0.05, 0.1) is 20.8 Å². The number of hydrogen-bond donors (Lipinski definition) is 0. The van der Waals surface area contributed by atoms with Gasteiger partial charge in [-0.3, -0.25) is 14.6 Å². The van der Waals surface area contributed by atoms with E-state index in [0.29, 0.717) is 11.5 Å². The number of rotatable bonds is 5. The fraction of sp³-hybridized carbons (Fsp3) is 0.333. The lowest BCUT2D eigenvalue weighted by Gasteiger charge is -2.20. The monoisotopic (exact) mass is 368 g/mol. The average Bonchev–Trinajstić information content (AvgIpc) is 2.87. The van der Waals surface area contributed by atoms with E-state index in [2.05, 4.69) is 0 Å². The molecule has 1 saturated heterocycles. The number of urea groups is 1. The van der Waals surface area contributed by atoms with Gasteiger partial charge in [-0.05, 0) is 56.2 Å². The summed E-state index contributed by atoms with van der Waals surface area (Å²) in [4.78, 5) is 28.6. The Morgan fingerprint density at radius 2 is 1.56 bits per heavy atom. The van der Waals surface area contributed by atoms with E-state index >= 15 is 0 Å². The summed E-state index contributed by atoms with van der Waals surface area (Å²) in [6.45, 7) is 5.85. The molecule has 1 atom stereocenters. The van der Waals surface area contributed by atoms with E-state index in [-0.39, 0.29) is 18.5 Å². The Morgan fingerprint density at radius 3 is 2.15 bits per heavy atom. The lowest BCUT2D eigenvalue weighted by Crippen LogP contribution is -2.33. The molecule has 2 aromatic rings. The molecule has 0 aromatic heterocycles. The Hall–Kier alpha value is -3.02. The first-order valence-electron chi connectivity index (χ1n) is 8.80. The lowest BCUT2D eigenvalue weighted by atomic mass is 10.1. The van der Waals surface area contributed by atoms with Crippen LogP contribution in [-0.4, -0.2) is 37.1 Å². The molecule has 3 amide bonds. The maximum absolute atomic E-state index is 13.0. The van der Waals surface area contributed by atoms with Crippen LogP contribution in [0.3, 0.4) is 0 Å². The van der Waals surface area contributed by atoms with Crippen LogP contribution in [0.25, 0.3) is 0 Å². The van der Waals surface area contributed by atoms with Crippen molar-refractivity contribution in [1.82, 2.24) is 4.90 Å². The molecule has 142 valence electrons. The third-order valence-corrected chi connectivity index (χ3v) is 4.93. The van der Waals surface area contributed by atoms with Crippen LogP contribution in [0, 0.1) is 13.8 Å². The van der Waals surface area contributed by atoms with Gasteiger partial charge < -0.3 is 9.47 Å². The van der Waals surface area contributed by atoms with Gasteiger partial charge in [-0.25, -0.2) is 4.79 Å². The third kappa shape index (κ3) is 3.35. The molecule has 0 unspecified atom stereocenters. The van der Waals surface area contributed by atoms with Gasteiger partial charge in [0.1, 0.15) is 6.04 Å². The minimum absolute atomic E-state index is 0.191. The Kier molecular flexibility index (Phi) is 5.08. The van der Waals surface area contributed by atoms with E-state index in [9.17, 15) is 9.59 Å². The van der Waals surface area contributed by atoms with Gasteiger partial charge in [0, 0.05) is 5.69 Å². The highest BCUT2D eigenvalue weighted by atomic mass is 16.5. The van der Waals surface area contributed by atoms with Crippen LogP contribution in [0.4, 0.5) is 10.5 Å². The summed E-state index contributed by atoms with van der Waals surface area (Å²) in [5, 5.41) is 0. The molecule has 6 nitrogen and oxygen atoms in total. The van der Waals surface area contributed by atoms with E-state index < -0.39 is 6.04 Å². The van der Waals surface area contributed by atoms with Crippen molar-refractivity contribution in [1.29, 1.82) is 0 Å². The molecule has 6 heteroatoms. The zero-order valence-corrected chi connectivity index (χ0v) is 16.3. The number of amides is 3. The summed E-state index contributed by atoms with van der Waals surface area (Å²) in [7, 11) is 3.13. The van der Waals surface area contributed by atoms with E-state index in [0.717, 1.165) is 22.4 Å². The van der Waals surface area contributed by atoms with Gasteiger partial charge in [0.25, 0.3) is 5.91 Å². The maximum Gasteiger partial charge on any atom is 0.332 e. The summed E-state index contributed by atoms with van der Waals surface area (Å²) < 4.78 is 10.7. The van der Waals surface area contributed by atoms with Crippen LogP contribution in [0.2, 0.25) is 0 Å². The van der Waals surface area contributed by atoms with Crippen molar-refractivity contribution in [2.75, 3.05) is 19.1 Å². The Morgan fingerprint density at radius 1 is 0.963 bits per heavy atom. The number of aryl methyl sites for hydroxylation is 2. The minimum atomic E-state index is -0.541. The summed E-state index contributed by atoms with van der Waals surface area (Å²) in [5.74, 6) is 0.975. The summed E-state index contributed by atoms with van der Waals surface area (Å²) in [6, 6.07) is 10.4. The van der Waals surface area contributed by atoms with Crippen LogP contribution in [0.15, 0.2) is 36.4 Å². The first-order chi connectivity index (χ1) is 12.9. The molecule has 1 fully saturated rings. The van der Waals surface area contributed by atoms with Crippen molar-refractivity contribution in [3.63, 3.8) is 0 Å². The van der Waals surface area contributed by atoms with Crippen LogP contribution >= 0.6 is 0 Å². The predicted octanol–water partition coefficient (Wildman–Crippen LogP) is 3.68. The number of imide groups is 1. The number of nitrogens with zero attached hydrogens (tertiary/aromatic N) is 2. The molecule has 0 bridgehead atoms. The van der Waals surface area contributed by atoms with Crippen LogP contribution < -0.4 is 14.4 Å². The lowest BCUT2D eigenvalue weighted by molar-refractivity contribution is -0.127. The Labute approximate surface area is 159 Å². The van der Waals surface area contributed by atoms with Crippen molar-refractivity contribution in [3.05, 3.63) is 53.1 Å². The third-order valence-electron chi connectivity index (χ3n) is 4.93. The molecule has 1 aliphatic heterocycles. The van der Waals surface area contributed by atoms with E-state index in [1.807, 2.05) is 50.2 Å². The van der Waals surface area contributed by atoms with E-state index in [1.54, 1.807) is 21.1 Å². The van der Waals surface area contributed by atoms with Crippen molar-refractivity contribution in [2.24, 2.45) is 0 Å². The molecule has 3 rings (SSSR count). The molecule has 0 aliphatic carbocycles. The average molecular weight is 368 g/mol. The molecule has 27 heavy (non-hydrogen) atoms. The number of methoxy groups -OCH3 is 2. The maximum atomic E-state index is 13.0.